The lowest BCUT2D eigenvalue weighted by atomic mass is 9.87. The van der Waals surface area contributed by atoms with Gasteiger partial charge in [0.15, 0.2) is 6.10 Å². The number of benzene rings is 1. The second-order valence-corrected chi connectivity index (χ2v) is 7.76. The zero-order valence-corrected chi connectivity index (χ0v) is 15.3. The second kappa shape index (κ2) is 7.99. The molecule has 0 saturated carbocycles. The Morgan fingerprint density at radius 3 is 2.64 bits per heavy atom. The van der Waals surface area contributed by atoms with Crippen LogP contribution in [-0.2, 0) is 27.9 Å². The molecule has 2 atom stereocenters. The summed E-state index contributed by atoms with van der Waals surface area (Å²) in [5.74, 6) is -0.616. The highest BCUT2D eigenvalue weighted by Crippen LogP contribution is 2.56. The van der Waals surface area contributed by atoms with E-state index in [1.165, 1.54) is 7.11 Å². The summed E-state index contributed by atoms with van der Waals surface area (Å²) in [6, 6.07) is 8.43. The lowest BCUT2D eigenvalue weighted by Crippen LogP contribution is -2.50. The summed E-state index contributed by atoms with van der Waals surface area (Å²) < 4.78 is 33.3. The number of phosphoric ester groups is 1. The number of hydrogen-bond acceptors (Lipinski definition) is 7. The van der Waals surface area contributed by atoms with Crippen molar-refractivity contribution in [2.75, 3.05) is 20.3 Å². The molecule has 8 nitrogen and oxygen atoms in total. The summed E-state index contributed by atoms with van der Waals surface area (Å²) in [6.07, 6.45) is -1.02. The van der Waals surface area contributed by atoms with Crippen LogP contribution in [0.3, 0.4) is 0 Å². The monoisotopic (exact) mass is 375 g/mol. The number of nitrogens with one attached hydrogen (secondary N) is 1. The Kier molecular flexibility index (Phi) is 6.21. The first kappa shape index (κ1) is 19.4. The Balaban J connectivity index is 2.03. The van der Waals surface area contributed by atoms with E-state index in [9.17, 15) is 14.2 Å². The Morgan fingerprint density at radius 1 is 1.32 bits per heavy atom. The first-order valence-electron chi connectivity index (χ1n) is 7.78. The first-order chi connectivity index (χ1) is 11.8. The minimum Gasteiger partial charge on any atom is -0.469 e. The van der Waals surface area contributed by atoms with Gasteiger partial charge >= 0.3 is 13.8 Å². The third kappa shape index (κ3) is 5.29. The van der Waals surface area contributed by atoms with Gasteiger partial charge < -0.3 is 14.6 Å². The van der Waals surface area contributed by atoms with E-state index in [1.807, 2.05) is 0 Å². The van der Waals surface area contributed by atoms with Crippen molar-refractivity contribution in [3.8, 4) is 5.75 Å². The summed E-state index contributed by atoms with van der Waals surface area (Å²) in [5, 5.41) is 2.58. The van der Waals surface area contributed by atoms with Crippen LogP contribution in [0.25, 0.3) is 0 Å². The van der Waals surface area contributed by atoms with Gasteiger partial charge in [-0.2, -0.15) is 0 Å². The van der Waals surface area contributed by atoms with Crippen LogP contribution in [0.2, 0.25) is 0 Å². The highest BCUT2D eigenvalue weighted by molar-refractivity contribution is 7.49. The van der Waals surface area contributed by atoms with Crippen molar-refractivity contribution in [2.45, 2.75) is 26.4 Å². The quantitative estimate of drug-likeness (QED) is 0.352. The first-order valence-corrected chi connectivity index (χ1v) is 9.24. The molecule has 1 fully saturated rings. The molecule has 1 aliphatic heterocycles. The maximum atomic E-state index is 12.7. The predicted octanol–water partition coefficient (Wildman–Crippen LogP) is 2.29. The van der Waals surface area contributed by atoms with Gasteiger partial charge in [0.2, 0.25) is 0 Å². The number of hydrogen-bond donors (Lipinski definition) is 1. The van der Waals surface area contributed by atoms with E-state index in [0.29, 0.717) is 5.75 Å². The third-order valence-corrected chi connectivity index (χ3v) is 4.94. The molecule has 1 aromatic carbocycles. The Bertz CT molecular complexity index is 662. The van der Waals surface area contributed by atoms with E-state index in [4.69, 9.17) is 13.6 Å². The molecule has 0 spiro atoms. The number of amides is 1. The summed E-state index contributed by atoms with van der Waals surface area (Å²) in [7, 11) is -2.66. The van der Waals surface area contributed by atoms with Gasteiger partial charge in [0.25, 0.3) is 5.91 Å². The molecule has 0 bridgehead atoms. The van der Waals surface area contributed by atoms with Crippen LogP contribution in [0.4, 0.5) is 0 Å². The van der Waals surface area contributed by atoms with Crippen molar-refractivity contribution < 1.29 is 32.5 Å². The minimum atomic E-state index is -3.93. The summed E-state index contributed by atoms with van der Waals surface area (Å²) in [4.78, 5) is 23.5. The van der Waals surface area contributed by atoms with Crippen LogP contribution in [0.5, 0.6) is 5.75 Å². The normalized spacial score (nSPS) is 25.0. The number of phosphoric acid groups is 1. The average Bonchev–Trinajstić information content (AvgIpc) is 2.58. The van der Waals surface area contributed by atoms with Gasteiger partial charge in [-0.25, -0.2) is 4.57 Å². The predicted molar refractivity (Wildman–Crippen MR) is 88.9 cm³/mol. The van der Waals surface area contributed by atoms with Crippen molar-refractivity contribution in [1.29, 1.82) is 0 Å². The van der Waals surface area contributed by atoms with E-state index >= 15 is 0 Å². The van der Waals surface area contributed by atoms with Crippen LogP contribution in [0, 0.1) is 5.41 Å². The van der Waals surface area contributed by atoms with Gasteiger partial charge in [0, 0.05) is 12.0 Å². The largest absolute Gasteiger partial charge is 0.530 e. The zero-order valence-electron chi connectivity index (χ0n) is 14.4. The van der Waals surface area contributed by atoms with Crippen LogP contribution in [0.15, 0.2) is 30.3 Å². The van der Waals surface area contributed by atoms with E-state index in [-0.39, 0.29) is 19.6 Å². The molecule has 0 radical (unpaired) electrons. The maximum Gasteiger partial charge on any atom is 0.530 e. The summed E-state index contributed by atoms with van der Waals surface area (Å²) in [5.41, 5.74) is -0.719. The average molecular weight is 375 g/mol. The second-order valence-electron chi connectivity index (χ2n) is 6.22. The highest BCUT2D eigenvalue weighted by atomic mass is 31.2. The molecule has 0 aromatic heterocycles. The highest BCUT2D eigenvalue weighted by Gasteiger charge is 2.49. The van der Waals surface area contributed by atoms with E-state index in [2.05, 4.69) is 10.1 Å². The lowest BCUT2D eigenvalue weighted by molar-refractivity contribution is -0.142. The van der Waals surface area contributed by atoms with Gasteiger partial charge in [-0.3, -0.25) is 18.6 Å². The van der Waals surface area contributed by atoms with Crippen LogP contribution in [-0.4, -0.2) is 38.2 Å². The van der Waals surface area contributed by atoms with Gasteiger partial charge in [-0.15, -0.1) is 0 Å². The molecule has 138 valence electrons. The number of rotatable bonds is 6. The zero-order chi connectivity index (χ0) is 18.5. The molecule has 1 amide bonds. The molecule has 1 aliphatic rings. The Labute approximate surface area is 146 Å². The van der Waals surface area contributed by atoms with Crippen molar-refractivity contribution >= 4 is 19.7 Å². The van der Waals surface area contributed by atoms with E-state index in [0.717, 1.165) is 0 Å². The Morgan fingerprint density at radius 2 is 2.00 bits per heavy atom. The topological polar surface area (TPSA) is 100 Å². The molecule has 0 aliphatic carbocycles. The van der Waals surface area contributed by atoms with Gasteiger partial charge in [0.05, 0.1) is 20.1 Å². The fourth-order valence-corrected chi connectivity index (χ4v) is 3.83. The number of carbonyl (C=O) groups excluding carboxylic acids is 2. The van der Waals surface area contributed by atoms with Crippen LogP contribution < -0.4 is 9.84 Å². The lowest BCUT2D eigenvalue weighted by Gasteiger charge is -2.39. The van der Waals surface area contributed by atoms with Crippen LogP contribution >= 0.6 is 7.82 Å². The maximum absolute atomic E-state index is 12.7. The van der Waals surface area contributed by atoms with E-state index < -0.39 is 31.2 Å². The Hall–Kier alpha value is -1.89. The fourth-order valence-electron chi connectivity index (χ4n) is 2.17. The van der Waals surface area contributed by atoms with Crippen molar-refractivity contribution in [1.82, 2.24) is 5.32 Å². The molecule has 9 heteroatoms. The molecule has 1 unspecified atom stereocenters. The van der Waals surface area contributed by atoms with Crippen molar-refractivity contribution in [3.63, 3.8) is 0 Å². The summed E-state index contributed by atoms with van der Waals surface area (Å²) >= 11 is 0. The third-order valence-electron chi connectivity index (χ3n) is 3.59. The van der Waals surface area contributed by atoms with Crippen LogP contribution in [0.1, 0.15) is 20.3 Å². The van der Waals surface area contributed by atoms with Crippen molar-refractivity contribution in [2.24, 2.45) is 5.41 Å². The molecule has 25 heavy (non-hydrogen) atoms. The number of esters is 1. The molecule has 1 saturated heterocycles. The smallest absolute Gasteiger partial charge is 0.469 e. The van der Waals surface area contributed by atoms with E-state index in [1.54, 1.807) is 44.2 Å². The molecule has 1 heterocycles. The molecular weight excluding hydrogens is 353 g/mol. The molecule has 1 N–H and O–H groups in total. The van der Waals surface area contributed by atoms with Gasteiger partial charge in [-0.05, 0) is 12.1 Å². The fraction of sp³-hybridized carbons (Fsp3) is 0.500. The molecular formula is C16H22NO7P. The SMILES string of the molecule is CO[13C](=O)[13CH2][13CH2][15NH]C(=O)[C@@H]1OP(=O)(Oc2ccccc2)OCC1(C)C. The standard InChI is InChI=1S/C16H22NO7P/c1-16(2)11-22-25(20,23-12-7-5-4-6-8-12)24-14(16)15(19)17-10-9-13(18)21-3/h4-8,14H,9-11H2,1-3H3,(H,17,19)/t14-,25?/m0/s1/i9+1,10+1,13+1,17+1. The number of para-hydroxylation sites is 1. The molecule has 2 rings (SSSR count). The number of methoxy groups -OCH3 is 1. The molecule has 1 aromatic rings. The minimum absolute atomic E-state index is 0.0200. The number of carbonyl (C=O) groups is 2. The van der Waals surface area contributed by atoms with Gasteiger partial charge in [0.1, 0.15) is 5.75 Å². The number of ether oxygens (including phenoxy) is 1. The van der Waals surface area contributed by atoms with Gasteiger partial charge in [-0.1, -0.05) is 32.0 Å². The van der Waals surface area contributed by atoms with Crippen molar-refractivity contribution in [3.05, 3.63) is 30.3 Å². The summed E-state index contributed by atoms with van der Waals surface area (Å²) in [6.45, 7) is 3.62.